The number of carbonyl (C=O) groups excluding carboxylic acids is 1. The van der Waals surface area contributed by atoms with Crippen LogP contribution in [-0.4, -0.2) is 51.2 Å². The van der Waals surface area contributed by atoms with Crippen molar-refractivity contribution in [2.75, 3.05) is 19.6 Å². The van der Waals surface area contributed by atoms with E-state index in [0.717, 1.165) is 18.0 Å². The minimum Gasteiger partial charge on any atom is -0.331 e. The van der Waals surface area contributed by atoms with E-state index >= 15 is 0 Å². The normalized spacial score (nSPS) is 17.5. The number of aromatic nitrogens is 3. The van der Waals surface area contributed by atoms with E-state index in [1.807, 2.05) is 24.4 Å². The molecule has 0 radical (unpaired) electrons. The van der Waals surface area contributed by atoms with Crippen LogP contribution in [0.25, 0.3) is 16.4 Å². The molecule has 0 aliphatic carbocycles. The van der Waals surface area contributed by atoms with Gasteiger partial charge < -0.3 is 10.2 Å². The van der Waals surface area contributed by atoms with Gasteiger partial charge >= 0.3 is 0 Å². The molecule has 26 heavy (non-hydrogen) atoms. The van der Waals surface area contributed by atoms with Crippen LogP contribution in [0.15, 0.2) is 41.8 Å². The van der Waals surface area contributed by atoms with E-state index < -0.39 is 0 Å². The van der Waals surface area contributed by atoms with Crippen molar-refractivity contribution in [1.29, 1.82) is 0 Å². The first-order valence-electron chi connectivity index (χ1n) is 8.42. The number of halogens is 1. The predicted octanol–water partition coefficient (Wildman–Crippen LogP) is 2.57. The molecule has 1 aliphatic heterocycles. The van der Waals surface area contributed by atoms with Crippen LogP contribution in [0, 0.1) is 5.82 Å². The fourth-order valence-corrected chi connectivity index (χ4v) is 3.70. The van der Waals surface area contributed by atoms with Gasteiger partial charge in [-0.25, -0.2) is 14.1 Å². The molecule has 3 aromatic rings. The molecule has 1 aromatic carbocycles. The Hall–Kier alpha value is -2.58. The molecule has 4 rings (SSSR count). The van der Waals surface area contributed by atoms with Gasteiger partial charge in [-0.05, 0) is 42.6 Å². The third kappa shape index (κ3) is 3.13. The predicted molar refractivity (Wildman–Crippen MR) is 98.0 cm³/mol. The van der Waals surface area contributed by atoms with Crippen molar-refractivity contribution in [3.8, 4) is 16.4 Å². The maximum Gasteiger partial charge on any atom is 0.293 e. The number of carbonyl (C=O) groups is 1. The van der Waals surface area contributed by atoms with Crippen molar-refractivity contribution in [1.82, 2.24) is 25.0 Å². The van der Waals surface area contributed by atoms with E-state index in [4.69, 9.17) is 0 Å². The number of hydrogen-bond acceptors (Lipinski definition) is 5. The summed E-state index contributed by atoms with van der Waals surface area (Å²) < 4.78 is 14.9. The van der Waals surface area contributed by atoms with Crippen molar-refractivity contribution in [3.63, 3.8) is 0 Å². The average Bonchev–Trinajstić information content (AvgIpc) is 3.32. The van der Waals surface area contributed by atoms with E-state index in [-0.39, 0.29) is 23.6 Å². The van der Waals surface area contributed by atoms with Gasteiger partial charge in [-0.3, -0.25) is 4.79 Å². The van der Waals surface area contributed by atoms with Gasteiger partial charge in [-0.2, -0.15) is 0 Å². The standard InChI is InChI=1S/C18H18FN5OS/c1-12-11-20-8-9-23(12)18(25)16-21-17(15-3-2-10-26-15)24(22-16)14-6-4-13(19)5-7-14/h2-7,10,12,20H,8-9,11H2,1H3. The number of hydrogen-bond donors (Lipinski definition) is 1. The molecule has 134 valence electrons. The molecule has 1 amide bonds. The highest BCUT2D eigenvalue weighted by molar-refractivity contribution is 7.13. The zero-order chi connectivity index (χ0) is 18.1. The van der Waals surface area contributed by atoms with Gasteiger partial charge in [-0.1, -0.05) is 6.07 Å². The molecular formula is C18H18FN5OS. The number of nitrogens with zero attached hydrogens (tertiary/aromatic N) is 4. The second kappa shape index (κ2) is 6.97. The number of benzene rings is 1. The number of nitrogens with one attached hydrogen (secondary N) is 1. The number of amides is 1. The third-order valence-corrected chi connectivity index (χ3v) is 5.24. The Morgan fingerprint density at radius 2 is 2.12 bits per heavy atom. The summed E-state index contributed by atoms with van der Waals surface area (Å²) in [6.07, 6.45) is 0. The molecule has 2 aromatic heterocycles. The molecule has 1 atom stereocenters. The monoisotopic (exact) mass is 371 g/mol. The maximum atomic E-state index is 13.3. The van der Waals surface area contributed by atoms with E-state index in [9.17, 15) is 9.18 Å². The molecule has 6 nitrogen and oxygen atoms in total. The number of rotatable bonds is 3. The van der Waals surface area contributed by atoms with Gasteiger partial charge in [0.2, 0.25) is 5.82 Å². The Morgan fingerprint density at radius 1 is 1.31 bits per heavy atom. The lowest BCUT2D eigenvalue weighted by molar-refractivity contribution is 0.0643. The summed E-state index contributed by atoms with van der Waals surface area (Å²) in [4.78, 5) is 20.1. The van der Waals surface area contributed by atoms with Gasteiger partial charge in [0.15, 0.2) is 5.82 Å². The van der Waals surface area contributed by atoms with Crippen molar-refractivity contribution >= 4 is 17.2 Å². The Bertz CT molecular complexity index is 906. The van der Waals surface area contributed by atoms with Gasteiger partial charge in [0.05, 0.1) is 10.6 Å². The van der Waals surface area contributed by atoms with Crippen LogP contribution in [0.2, 0.25) is 0 Å². The van der Waals surface area contributed by atoms with Crippen molar-refractivity contribution in [2.24, 2.45) is 0 Å². The third-order valence-electron chi connectivity index (χ3n) is 4.37. The first kappa shape index (κ1) is 16.9. The molecule has 1 N–H and O–H groups in total. The summed E-state index contributed by atoms with van der Waals surface area (Å²) in [5.41, 5.74) is 0.662. The molecule has 8 heteroatoms. The van der Waals surface area contributed by atoms with E-state index in [1.54, 1.807) is 21.7 Å². The largest absolute Gasteiger partial charge is 0.331 e. The van der Waals surface area contributed by atoms with Gasteiger partial charge in [-0.15, -0.1) is 16.4 Å². The minimum atomic E-state index is -0.322. The fourth-order valence-electron chi connectivity index (χ4n) is 3.00. The lowest BCUT2D eigenvalue weighted by Gasteiger charge is -2.33. The van der Waals surface area contributed by atoms with Crippen molar-refractivity contribution < 1.29 is 9.18 Å². The first-order valence-corrected chi connectivity index (χ1v) is 9.30. The Labute approximate surface area is 154 Å². The topological polar surface area (TPSA) is 63.1 Å². The van der Waals surface area contributed by atoms with E-state index in [2.05, 4.69) is 15.4 Å². The maximum absolute atomic E-state index is 13.3. The number of thiophene rings is 1. The van der Waals surface area contributed by atoms with Crippen molar-refractivity contribution in [2.45, 2.75) is 13.0 Å². The molecule has 1 fully saturated rings. The second-order valence-electron chi connectivity index (χ2n) is 6.18. The molecule has 0 saturated carbocycles. The summed E-state index contributed by atoms with van der Waals surface area (Å²) >= 11 is 1.52. The highest BCUT2D eigenvalue weighted by Gasteiger charge is 2.28. The van der Waals surface area contributed by atoms with Gasteiger partial charge in [0.25, 0.3) is 5.91 Å². The van der Waals surface area contributed by atoms with Gasteiger partial charge in [0, 0.05) is 25.7 Å². The zero-order valence-electron chi connectivity index (χ0n) is 14.2. The van der Waals surface area contributed by atoms with Gasteiger partial charge in [0.1, 0.15) is 5.82 Å². The van der Waals surface area contributed by atoms with Crippen LogP contribution in [0.5, 0.6) is 0 Å². The molecule has 0 bridgehead atoms. The minimum absolute atomic E-state index is 0.0826. The number of piperazine rings is 1. The smallest absolute Gasteiger partial charge is 0.293 e. The SMILES string of the molecule is CC1CNCCN1C(=O)c1nc(-c2cccs2)n(-c2ccc(F)cc2)n1. The first-order chi connectivity index (χ1) is 12.6. The van der Waals surface area contributed by atoms with Crippen LogP contribution in [0.3, 0.4) is 0 Å². The summed E-state index contributed by atoms with van der Waals surface area (Å²) in [5.74, 6) is 0.236. The summed E-state index contributed by atoms with van der Waals surface area (Å²) in [7, 11) is 0. The summed E-state index contributed by atoms with van der Waals surface area (Å²) in [6.45, 7) is 4.13. The summed E-state index contributed by atoms with van der Waals surface area (Å²) in [5, 5.41) is 9.66. The molecule has 3 heterocycles. The van der Waals surface area contributed by atoms with Crippen molar-refractivity contribution in [3.05, 3.63) is 53.4 Å². The Kier molecular flexibility index (Phi) is 4.52. The van der Waals surface area contributed by atoms with Crippen LogP contribution in [-0.2, 0) is 0 Å². The molecule has 0 spiro atoms. The lowest BCUT2D eigenvalue weighted by atomic mass is 10.2. The van der Waals surface area contributed by atoms with E-state index in [1.165, 1.54) is 23.5 Å². The fraction of sp³-hybridized carbons (Fsp3) is 0.278. The van der Waals surface area contributed by atoms with Crippen LogP contribution in [0.4, 0.5) is 4.39 Å². The molecular weight excluding hydrogens is 353 g/mol. The zero-order valence-corrected chi connectivity index (χ0v) is 15.0. The Balaban J connectivity index is 1.76. The highest BCUT2D eigenvalue weighted by Crippen LogP contribution is 2.26. The van der Waals surface area contributed by atoms with Crippen LogP contribution >= 0.6 is 11.3 Å². The van der Waals surface area contributed by atoms with Crippen LogP contribution < -0.4 is 5.32 Å². The molecule has 1 unspecified atom stereocenters. The Morgan fingerprint density at radius 3 is 2.81 bits per heavy atom. The molecule has 1 saturated heterocycles. The van der Waals surface area contributed by atoms with Crippen LogP contribution in [0.1, 0.15) is 17.5 Å². The molecule has 1 aliphatic rings. The average molecular weight is 371 g/mol. The lowest BCUT2D eigenvalue weighted by Crippen LogP contribution is -2.52. The summed E-state index contributed by atoms with van der Waals surface area (Å²) in [6, 6.07) is 9.93. The second-order valence-corrected chi connectivity index (χ2v) is 7.12. The van der Waals surface area contributed by atoms with E-state index in [0.29, 0.717) is 18.1 Å². The highest BCUT2D eigenvalue weighted by atomic mass is 32.1. The quantitative estimate of drug-likeness (QED) is 0.769.